The molecule has 0 saturated heterocycles. The van der Waals surface area contributed by atoms with Gasteiger partial charge in [0.05, 0.1) is 5.56 Å². The van der Waals surface area contributed by atoms with Crippen LogP contribution in [0.15, 0.2) is 46.9 Å². The third kappa shape index (κ3) is 4.67. The lowest BCUT2D eigenvalue weighted by molar-refractivity contribution is 0.102. The molecule has 0 aliphatic rings. The number of thioether (sulfide) groups is 1. The molecule has 2 aromatic heterocycles. The van der Waals surface area contributed by atoms with Crippen molar-refractivity contribution in [3.8, 4) is 0 Å². The fourth-order valence-electron chi connectivity index (χ4n) is 1.72. The lowest BCUT2D eigenvalue weighted by Gasteiger charge is -2.00. The number of anilines is 1. The van der Waals surface area contributed by atoms with Crippen molar-refractivity contribution in [2.45, 2.75) is 10.1 Å². The van der Waals surface area contributed by atoms with Crippen LogP contribution in [0.1, 0.15) is 15.9 Å². The number of nitrogens with zero attached hydrogens (tertiary/aromatic N) is 3. The van der Waals surface area contributed by atoms with Gasteiger partial charge in [-0.05, 0) is 29.8 Å². The van der Waals surface area contributed by atoms with E-state index in [9.17, 15) is 4.79 Å². The summed E-state index contributed by atoms with van der Waals surface area (Å²) in [4.78, 5) is 15.9. The fraction of sp³-hybridized carbons (Fsp3) is 0.0667. The summed E-state index contributed by atoms with van der Waals surface area (Å²) in [6.07, 6.45) is 1.41. The Labute approximate surface area is 156 Å². The summed E-state index contributed by atoms with van der Waals surface area (Å²) in [7, 11) is 0. The van der Waals surface area contributed by atoms with Crippen LogP contribution in [-0.2, 0) is 5.75 Å². The Balaban J connectivity index is 1.58. The van der Waals surface area contributed by atoms with Crippen molar-refractivity contribution in [2.75, 3.05) is 5.32 Å². The van der Waals surface area contributed by atoms with E-state index in [1.165, 1.54) is 17.5 Å². The van der Waals surface area contributed by atoms with Crippen LogP contribution in [0.2, 0.25) is 10.2 Å². The van der Waals surface area contributed by atoms with E-state index in [2.05, 4.69) is 20.5 Å². The van der Waals surface area contributed by atoms with E-state index < -0.39 is 0 Å². The zero-order chi connectivity index (χ0) is 16.9. The molecule has 0 spiro atoms. The second-order valence-electron chi connectivity index (χ2n) is 4.61. The summed E-state index contributed by atoms with van der Waals surface area (Å²) >= 11 is 14.4. The summed E-state index contributed by atoms with van der Waals surface area (Å²) in [5, 5.41) is 12.2. The van der Waals surface area contributed by atoms with Crippen LogP contribution < -0.4 is 5.32 Å². The first-order valence-electron chi connectivity index (χ1n) is 6.74. The van der Waals surface area contributed by atoms with Gasteiger partial charge in [-0.15, -0.1) is 10.2 Å². The molecule has 1 amide bonds. The second-order valence-corrected chi connectivity index (χ2v) is 7.64. The molecule has 1 N–H and O–H groups in total. The van der Waals surface area contributed by atoms with Gasteiger partial charge >= 0.3 is 0 Å². The largest absolute Gasteiger partial charge is 0.296 e. The van der Waals surface area contributed by atoms with Crippen molar-refractivity contribution in [1.29, 1.82) is 0 Å². The highest BCUT2D eigenvalue weighted by molar-refractivity contribution is 8.00. The molecule has 3 aromatic rings. The Morgan fingerprint density at radius 3 is 2.62 bits per heavy atom. The Bertz CT molecular complexity index is 837. The zero-order valence-corrected chi connectivity index (χ0v) is 15.2. The van der Waals surface area contributed by atoms with Crippen LogP contribution in [0.3, 0.4) is 0 Å². The minimum atomic E-state index is -0.301. The Morgan fingerprint density at radius 2 is 1.92 bits per heavy atom. The molecule has 122 valence electrons. The SMILES string of the molecule is O=C(Nc1nnc(SCc2ccc(Cl)cc2)s1)c1ccc(Cl)nc1. The molecule has 0 radical (unpaired) electrons. The van der Waals surface area contributed by atoms with Crippen molar-refractivity contribution < 1.29 is 4.79 Å². The molecule has 2 heterocycles. The van der Waals surface area contributed by atoms with Gasteiger partial charge < -0.3 is 0 Å². The number of carbonyl (C=O) groups excluding carboxylic acids is 1. The van der Waals surface area contributed by atoms with Crippen molar-refractivity contribution in [2.24, 2.45) is 0 Å². The van der Waals surface area contributed by atoms with E-state index in [1.807, 2.05) is 24.3 Å². The minimum absolute atomic E-state index is 0.301. The number of hydrogen-bond acceptors (Lipinski definition) is 6. The molecule has 9 heteroatoms. The average molecular weight is 397 g/mol. The van der Waals surface area contributed by atoms with Crippen molar-refractivity contribution in [3.63, 3.8) is 0 Å². The number of halogens is 2. The normalized spacial score (nSPS) is 10.6. The van der Waals surface area contributed by atoms with Crippen LogP contribution in [0, 0.1) is 0 Å². The van der Waals surface area contributed by atoms with Crippen molar-refractivity contribution in [3.05, 3.63) is 63.9 Å². The van der Waals surface area contributed by atoms with Gasteiger partial charge in [0.25, 0.3) is 5.91 Å². The summed E-state index contributed by atoms with van der Waals surface area (Å²) in [5.41, 5.74) is 1.54. The molecule has 24 heavy (non-hydrogen) atoms. The summed E-state index contributed by atoms with van der Waals surface area (Å²) in [6.45, 7) is 0. The summed E-state index contributed by atoms with van der Waals surface area (Å²) in [6, 6.07) is 10.8. The topological polar surface area (TPSA) is 67.8 Å². The van der Waals surface area contributed by atoms with E-state index in [0.717, 1.165) is 15.7 Å². The van der Waals surface area contributed by atoms with E-state index in [1.54, 1.807) is 23.9 Å². The molecule has 0 aliphatic carbocycles. The number of carbonyl (C=O) groups is 1. The first kappa shape index (κ1) is 17.2. The monoisotopic (exact) mass is 396 g/mol. The summed E-state index contributed by atoms with van der Waals surface area (Å²) < 4.78 is 0.773. The molecule has 0 fully saturated rings. The highest BCUT2D eigenvalue weighted by Gasteiger charge is 2.11. The molecular formula is C15H10Cl2N4OS2. The van der Waals surface area contributed by atoms with Crippen molar-refractivity contribution >= 4 is 57.3 Å². The third-order valence-corrected chi connectivity index (χ3v) is 5.41. The maximum absolute atomic E-state index is 12.1. The number of rotatable bonds is 5. The van der Waals surface area contributed by atoms with E-state index in [0.29, 0.717) is 20.9 Å². The molecule has 0 aliphatic heterocycles. The predicted octanol–water partition coefficient (Wildman–Crippen LogP) is 4.78. The standard InChI is InChI=1S/C15H10Cl2N4OS2/c16-11-4-1-9(2-5-11)8-23-15-21-20-14(24-15)19-13(22)10-3-6-12(17)18-7-10/h1-7H,8H2,(H,19,20,22). The number of hydrogen-bond donors (Lipinski definition) is 1. The van der Waals surface area contributed by atoms with Gasteiger partial charge in [-0.3, -0.25) is 10.1 Å². The van der Waals surface area contributed by atoms with Crippen LogP contribution in [-0.4, -0.2) is 21.1 Å². The van der Waals surface area contributed by atoms with E-state index >= 15 is 0 Å². The van der Waals surface area contributed by atoms with Gasteiger partial charge in [-0.25, -0.2) is 4.98 Å². The van der Waals surface area contributed by atoms with Crippen LogP contribution >= 0.6 is 46.3 Å². The number of amides is 1. The van der Waals surface area contributed by atoms with E-state index in [4.69, 9.17) is 23.2 Å². The Morgan fingerprint density at radius 1 is 1.12 bits per heavy atom. The molecule has 0 unspecified atom stereocenters. The highest BCUT2D eigenvalue weighted by Crippen LogP contribution is 2.28. The second kappa shape index (κ2) is 7.94. The third-order valence-electron chi connectivity index (χ3n) is 2.89. The molecular weight excluding hydrogens is 387 g/mol. The number of nitrogens with one attached hydrogen (secondary N) is 1. The first-order valence-corrected chi connectivity index (χ1v) is 9.29. The van der Waals surface area contributed by atoms with Gasteiger partial charge in [0.2, 0.25) is 5.13 Å². The quantitative estimate of drug-likeness (QED) is 0.381. The predicted molar refractivity (Wildman–Crippen MR) is 98.1 cm³/mol. The van der Waals surface area contributed by atoms with Gasteiger partial charge in [-0.1, -0.05) is 58.4 Å². The Kier molecular flexibility index (Phi) is 5.68. The molecule has 1 aromatic carbocycles. The Hall–Kier alpha value is -1.67. The maximum Gasteiger partial charge on any atom is 0.259 e. The molecule has 0 saturated carbocycles. The highest BCUT2D eigenvalue weighted by atomic mass is 35.5. The smallest absolute Gasteiger partial charge is 0.259 e. The zero-order valence-electron chi connectivity index (χ0n) is 12.1. The van der Waals surface area contributed by atoms with Gasteiger partial charge in [0.15, 0.2) is 4.34 Å². The van der Waals surface area contributed by atoms with E-state index in [-0.39, 0.29) is 5.91 Å². The fourth-order valence-corrected chi connectivity index (χ4v) is 3.66. The molecule has 3 rings (SSSR count). The number of aromatic nitrogens is 3. The first-order chi connectivity index (χ1) is 11.6. The van der Waals surface area contributed by atoms with Crippen LogP contribution in [0.5, 0.6) is 0 Å². The van der Waals surface area contributed by atoms with Crippen LogP contribution in [0.4, 0.5) is 5.13 Å². The van der Waals surface area contributed by atoms with Gasteiger partial charge in [0, 0.05) is 17.0 Å². The number of pyridine rings is 1. The van der Waals surface area contributed by atoms with Crippen molar-refractivity contribution in [1.82, 2.24) is 15.2 Å². The minimum Gasteiger partial charge on any atom is -0.296 e. The lowest BCUT2D eigenvalue weighted by atomic mass is 10.2. The maximum atomic E-state index is 12.1. The molecule has 0 bridgehead atoms. The van der Waals surface area contributed by atoms with Crippen LogP contribution in [0.25, 0.3) is 0 Å². The molecule has 5 nitrogen and oxygen atoms in total. The van der Waals surface area contributed by atoms with Gasteiger partial charge in [0.1, 0.15) is 5.15 Å². The molecule has 0 atom stereocenters. The lowest BCUT2D eigenvalue weighted by Crippen LogP contribution is -2.11. The average Bonchev–Trinajstić information content (AvgIpc) is 3.02. The summed E-state index contributed by atoms with van der Waals surface area (Å²) in [5.74, 6) is 0.450. The number of benzene rings is 1. The van der Waals surface area contributed by atoms with Gasteiger partial charge in [-0.2, -0.15) is 0 Å².